The van der Waals surface area contributed by atoms with Gasteiger partial charge in [-0.3, -0.25) is 0 Å². The van der Waals surface area contributed by atoms with Crippen molar-refractivity contribution in [2.24, 2.45) is 5.73 Å². The van der Waals surface area contributed by atoms with Crippen LogP contribution in [0.1, 0.15) is 35.2 Å². The quantitative estimate of drug-likeness (QED) is 0.873. The zero-order valence-corrected chi connectivity index (χ0v) is 10.8. The third-order valence-electron chi connectivity index (χ3n) is 3.33. The van der Waals surface area contributed by atoms with E-state index in [0.29, 0.717) is 5.56 Å². The molecule has 0 amide bonds. The van der Waals surface area contributed by atoms with Crippen LogP contribution < -0.4 is 5.73 Å². The van der Waals surface area contributed by atoms with Crippen molar-refractivity contribution in [3.63, 3.8) is 0 Å². The maximum atomic E-state index is 13.6. The highest BCUT2D eigenvalue weighted by atomic mass is 19.1. The third kappa shape index (κ3) is 2.44. The summed E-state index contributed by atoms with van der Waals surface area (Å²) < 4.78 is 13.6. The zero-order valence-electron chi connectivity index (χ0n) is 10.8. The van der Waals surface area contributed by atoms with Gasteiger partial charge in [0.25, 0.3) is 0 Å². The molecule has 1 nitrogen and oxygen atoms in total. The minimum atomic E-state index is -0.267. The highest BCUT2D eigenvalue weighted by Crippen LogP contribution is 2.24. The van der Waals surface area contributed by atoms with Gasteiger partial charge in [0.05, 0.1) is 6.04 Å². The topological polar surface area (TPSA) is 26.0 Å². The van der Waals surface area contributed by atoms with Crippen LogP contribution >= 0.6 is 0 Å². The van der Waals surface area contributed by atoms with Crippen molar-refractivity contribution < 1.29 is 4.39 Å². The summed E-state index contributed by atoms with van der Waals surface area (Å²) in [7, 11) is 0. The normalized spacial score (nSPS) is 12.4. The van der Waals surface area contributed by atoms with Gasteiger partial charge in [-0.15, -0.1) is 0 Å². The number of benzene rings is 2. The Morgan fingerprint density at radius 3 is 2.56 bits per heavy atom. The Morgan fingerprint density at radius 2 is 1.89 bits per heavy atom. The lowest BCUT2D eigenvalue weighted by atomic mass is 9.93. The van der Waals surface area contributed by atoms with Crippen LogP contribution in [-0.2, 0) is 6.42 Å². The van der Waals surface area contributed by atoms with Crippen LogP contribution in [0.15, 0.2) is 42.5 Å². The molecule has 2 aromatic rings. The summed E-state index contributed by atoms with van der Waals surface area (Å²) in [6.07, 6.45) is 0.929. The fourth-order valence-electron chi connectivity index (χ4n) is 2.14. The number of hydrogen-bond acceptors (Lipinski definition) is 1. The largest absolute Gasteiger partial charge is 0.320 e. The molecule has 0 saturated heterocycles. The highest BCUT2D eigenvalue weighted by molar-refractivity contribution is 5.38. The van der Waals surface area contributed by atoms with Crippen LogP contribution in [0.4, 0.5) is 4.39 Å². The Hall–Kier alpha value is -1.67. The first-order chi connectivity index (χ1) is 8.63. The van der Waals surface area contributed by atoms with Crippen molar-refractivity contribution in [3.05, 3.63) is 70.5 Å². The van der Waals surface area contributed by atoms with Gasteiger partial charge in [-0.05, 0) is 41.7 Å². The maximum Gasteiger partial charge on any atom is 0.126 e. The van der Waals surface area contributed by atoms with E-state index in [1.165, 1.54) is 11.6 Å². The van der Waals surface area contributed by atoms with Gasteiger partial charge >= 0.3 is 0 Å². The summed E-state index contributed by atoms with van der Waals surface area (Å²) in [4.78, 5) is 0. The van der Waals surface area contributed by atoms with E-state index < -0.39 is 0 Å². The van der Waals surface area contributed by atoms with E-state index in [0.717, 1.165) is 17.5 Å². The molecule has 0 aliphatic rings. The molecule has 0 aliphatic carbocycles. The standard InChI is InChI=1S/C16H18FN/c1-3-12-6-4-5-7-14(12)16(18)13-9-8-11(2)15(17)10-13/h4-10,16H,3,18H2,1-2H3. The fourth-order valence-corrected chi connectivity index (χ4v) is 2.14. The number of hydrogen-bond donors (Lipinski definition) is 1. The van der Waals surface area contributed by atoms with Gasteiger partial charge in [0, 0.05) is 0 Å². The van der Waals surface area contributed by atoms with Gasteiger partial charge in [-0.25, -0.2) is 4.39 Å². The van der Waals surface area contributed by atoms with Crippen LogP contribution in [0, 0.1) is 12.7 Å². The molecule has 0 radical (unpaired) electrons. The molecular weight excluding hydrogens is 225 g/mol. The molecule has 0 aliphatic heterocycles. The van der Waals surface area contributed by atoms with Crippen molar-refractivity contribution in [1.29, 1.82) is 0 Å². The molecule has 2 N–H and O–H groups in total. The average molecular weight is 243 g/mol. The van der Waals surface area contributed by atoms with E-state index in [1.54, 1.807) is 13.0 Å². The molecule has 18 heavy (non-hydrogen) atoms. The molecular formula is C16H18FN. The molecule has 2 heteroatoms. The molecule has 1 unspecified atom stereocenters. The minimum Gasteiger partial charge on any atom is -0.320 e. The Labute approximate surface area is 107 Å². The van der Waals surface area contributed by atoms with Crippen molar-refractivity contribution in [1.82, 2.24) is 0 Å². The van der Waals surface area contributed by atoms with Crippen LogP contribution in [-0.4, -0.2) is 0 Å². The molecule has 0 saturated carbocycles. The van der Waals surface area contributed by atoms with Crippen molar-refractivity contribution >= 4 is 0 Å². The Balaban J connectivity index is 2.41. The van der Waals surface area contributed by atoms with Crippen molar-refractivity contribution in [2.45, 2.75) is 26.3 Å². The summed E-state index contributed by atoms with van der Waals surface area (Å²) >= 11 is 0. The average Bonchev–Trinajstić information content (AvgIpc) is 2.41. The second-order valence-electron chi connectivity index (χ2n) is 4.54. The molecule has 0 fully saturated rings. The zero-order chi connectivity index (χ0) is 13.1. The molecule has 2 aromatic carbocycles. The van der Waals surface area contributed by atoms with E-state index in [2.05, 4.69) is 13.0 Å². The third-order valence-corrected chi connectivity index (χ3v) is 3.33. The summed E-state index contributed by atoms with van der Waals surface area (Å²) in [6.45, 7) is 3.85. The number of nitrogens with two attached hydrogens (primary N) is 1. The van der Waals surface area contributed by atoms with Crippen LogP contribution in [0.3, 0.4) is 0 Å². The lowest BCUT2D eigenvalue weighted by molar-refractivity contribution is 0.614. The molecule has 2 rings (SSSR count). The predicted octanol–water partition coefficient (Wildman–Crippen LogP) is 3.74. The fraction of sp³-hybridized carbons (Fsp3) is 0.250. The lowest BCUT2D eigenvalue weighted by Gasteiger charge is -2.16. The molecule has 94 valence electrons. The van der Waals surface area contributed by atoms with Gasteiger partial charge < -0.3 is 5.73 Å². The Morgan fingerprint density at radius 1 is 1.17 bits per heavy atom. The van der Waals surface area contributed by atoms with Gasteiger partial charge in [-0.2, -0.15) is 0 Å². The summed E-state index contributed by atoms with van der Waals surface area (Å²) in [5, 5.41) is 0. The highest BCUT2D eigenvalue weighted by Gasteiger charge is 2.13. The summed E-state index contributed by atoms with van der Waals surface area (Å²) in [5.41, 5.74) is 10.00. The molecule has 0 heterocycles. The number of aryl methyl sites for hydroxylation is 2. The molecule has 0 spiro atoms. The number of halogens is 1. The maximum absolute atomic E-state index is 13.6. The molecule has 0 aromatic heterocycles. The molecule has 0 bridgehead atoms. The molecule has 1 atom stereocenters. The van der Waals surface area contributed by atoms with E-state index in [4.69, 9.17) is 5.73 Å². The first-order valence-corrected chi connectivity index (χ1v) is 6.23. The van der Waals surface area contributed by atoms with Crippen LogP contribution in [0.25, 0.3) is 0 Å². The van der Waals surface area contributed by atoms with E-state index in [1.807, 2.05) is 24.3 Å². The van der Waals surface area contributed by atoms with Crippen molar-refractivity contribution in [2.75, 3.05) is 0 Å². The monoisotopic (exact) mass is 243 g/mol. The van der Waals surface area contributed by atoms with E-state index in [9.17, 15) is 4.39 Å². The predicted molar refractivity (Wildman–Crippen MR) is 73.0 cm³/mol. The van der Waals surface area contributed by atoms with Gasteiger partial charge in [0.1, 0.15) is 5.82 Å². The van der Waals surface area contributed by atoms with Gasteiger partial charge in [0.2, 0.25) is 0 Å². The summed E-state index contributed by atoms with van der Waals surface area (Å²) in [5.74, 6) is -0.197. The SMILES string of the molecule is CCc1ccccc1C(N)c1ccc(C)c(F)c1. The first kappa shape index (κ1) is 12.8. The van der Waals surface area contributed by atoms with Crippen LogP contribution in [0.2, 0.25) is 0 Å². The van der Waals surface area contributed by atoms with Gasteiger partial charge in [0.15, 0.2) is 0 Å². The minimum absolute atomic E-state index is 0.197. The second kappa shape index (κ2) is 5.32. The summed E-state index contributed by atoms with van der Waals surface area (Å²) in [6, 6.07) is 13.0. The smallest absolute Gasteiger partial charge is 0.126 e. The lowest BCUT2D eigenvalue weighted by Crippen LogP contribution is -2.14. The Bertz CT molecular complexity index is 549. The van der Waals surface area contributed by atoms with Crippen molar-refractivity contribution in [3.8, 4) is 0 Å². The first-order valence-electron chi connectivity index (χ1n) is 6.23. The Kier molecular flexibility index (Phi) is 3.78. The number of rotatable bonds is 3. The second-order valence-corrected chi connectivity index (χ2v) is 4.54. The van der Waals surface area contributed by atoms with Gasteiger partial charge in [-0.1, -0.05) is 43.3 Å². The van der Waals surface area contributed by atoms with Crippen LogP contribution in [0.5, 0.6) is 0 Å². The van der Waals surface area contributed by atoms with E-state index in [-0.39, 0.29) is 11.9 Å². The van der Waals surface area contributed by atoms with E-state index >= 15 is 0 Å².